The maximum atomic E-state index is 11.5. The van der Waals surface area contributed by atoms with Crippen LogP contribution in [0.25, 0.3) is 0 Å². The molecule has 0 spiro atoms. The molecule has 1 aliphatic rings. The van der Waals surface area contributed by atoms with Crippen molar-refractivity contribution in [2.45, 2.75) is 18.1 Å². The zero-order chi connectivity index (χ0) is 13.2. The third-order valence-electron chi connectivity index (χ3n) is 3.24. The minimum atomic E-state index is -3.51. The van der Waals surface area contributed by atoms with Gasteiger partial charge < -0.3 is 4.74 Å². The Bertz CT molecular complexity index is 501. The molecule has 2 rings (SSSR count). The SMILES string of the molecule is NS(=O)(=O)[C@H]1CCOC[C@H]1Cc1ccc(Cl)cc1. The molecule has 0 bridgehead atoms. The minimum Gasteiger partial charge on any atom is -0.381 e. The van der Waals surface area contributed by atoms with Gasteiger partial charge in [-0.3, -0.25) is 0 Å². The molecular weight excluding hydrogens is 274 g/mol. The molecule has 1 aromatic rings. The third-order valence-corrected chi connectivity index (χ3v) is 4.95. The van der Waals surface area contributed by atoms with Crippen molar-refractivity contribution in [1.82, 2.24) is 0 Å². The van der Waals surface area contributed by atoms with Crippen molar-refractivity contribution in [3.05, 3.63) is 34.9 Å². The summed E-state index contributed by atoms with van der Waals surface area (Å²) in [6.45, 7) is 0.891. The Morgan fingerprint density at radius 2 is 2.00 bits per heavy atom. The normalized spacial score (nSPS) is 25.0. The second-order valence-corrected chi connectivity index (χ2v) is 6.80. The summed E-state index contributed by atoms with van der Waals surface area (Å²) in [6.07, 6.45) is 1.11. The number of primary sulfonamides is 1. The Kier molecular flexibility index (Phi) is 4.27. The second-order valence-electron chi connectivity index (χ2n) is 4.58. The maximum Gasteiger partial charge on any atom is 0.212 e. The van der Waals surface area contributed by atoms with E-state index in [9.17, 15) is 8.42 Å². The molecule has 0 aliphatic carbocycles. The van der Waals surface area contributed by atoms with E-state index < -0.39 is 15.3 Å². The van der Waals surface area contributed by atoms with E-state index in [1.165, 1.54) is 0 Å². The highest BCUT2D eigenvalue weighted by molar-refractivity contribution is 7.89. The van der Waals surface area contributed by atoms with E-state index in [1.807, 2.05) is 12.1 Å². The zero-order valence-corrected chi connectivity index (χ0v) is 11.5. The molecule has 1 aromatic carbocycles. The van der Waals surface area contributed by atoms with Gasteiger partial charge in [-0.25, -0.2) is 13.6 Å². The minimum absolute atomic E-state index is 0.0880. The lowest BCUT2D eigenvalue weighted by Gasteiger charge is -2.29. The Balaban J connectivity index is 2.13. The molecule has 0 aromatic heterocycles. The van der Waals surface area contributed by atoms with Gasteiger partial charge in [-0.15, -0.1) is 0 Å². The van der Waals surface area contributed by atoms with E-state index in [-0.39, 0.29) is 5.92 Å². The van der Waals surface area contributed by atoms with Gasteiger partial charge in [-0.1, -0.05) is 23.7 Å². The second kappa shape index (κ2) is 5.57. The number of halogens is 1. The highest BCUT2D eigenvalue weighted by atomic mass is 35.5. The van der Waals surface area contributed by atoms with E-state index in [4.69, 9.17) is 21.5 Å². The molecule has 2 atom stereocenters. The van der Waals surface area contributed by atoms with Gasteiger partial charge in [-0.2, -0.15) is 0 Å². The summed E-state index contributed by atoms with van der Waals surface area (Å²) >= 11 is 5.82. The first-order valence-corrected chi connectivity index (χ1v) is 7.79. The van der Waals surface area contributed by atoms with Crippen LogP contribution in [0.1, 0.15) is 12.0 Å². The van der Waals surface area contributed by atoms with Crippen molar-refractivity contribution in [1.29, 1.82) is 0 Å². The summed E-state index contributed by atoms with van der Waals surface area (Å²) in [7, 11) is -3.51. The summed E-state index contributed by atoms with van der Waals surface area (Å²) in [6, 6.07) is 7.40. The van der Waals surface area contributed by atoms with Crippen LogP contribution in [0.2, 0.25) is 5.02 Å². The number of hydrogen-bond donors (Lipinski definition) is 1. The summed E-state index contributed by atoms with van der Waals surface area (Å²) in [5.41, 5.74) is 1.04. The van der Waals surface area contributed by atoms with Crippen LogP contribution >= 0.6 is 11.6 Å². The average molecular weight is 290 g/mol. The molecule has 0 radical (unpaired) electrons. The van der Waals surface area contributed by atoms with Crippen molar-refractivity contribution < 1.29 is 13.2 Å². The number of ether oxygens (including phenoxy) is 1. The van der Waals surface area contributed by atoms with Gasteiger partial charge in [0.2, 0.25) is 10.0 Å². The Morgan fingerprint density at radius 3 is 2.61 bits per heavy atom. The number of rotatable bonds is 3. The van der Waals surface area contributed by atoms with Crippen molar-refractivity contribution in [2.24, 2.45) is 11.1 Å². The lowest BCUT2D eigenvalue weighted by molar-refractivity contribution is 0.0572. The maximum absolute atomic E-state index is 11.5. The number of hydrogen-bond acceptors (Lipinski definition) is 3. The average Bonchev–Trinajstić information content (AvgIpc) is 2.31. The summed E-state index contributed by atoms with van der Waals surface area (Å²) in [5.74, 6) is -0.0880. The van der Waals surface area contributed by atoms with Gasteiger partial charge in [0.1, 0.15) is 0 Å². The number of sulfonamides is 1. The summed E-state index contributed by atoms with van der Waals surface area (Å²) in [4.78, 5) is 0. The van der Waals surface area contributed by atoms with Gasteiger partial charge in [0.05, 0.1) is 11.9 Å². The molecular formula is C12H16ClNO3S. The van der Waals surface area contributed by atoms with Crippen molar-refractivity contribution in [2.75, 3.05) is 13.2 Å². The highest BCUT2D eigenvalue weighted by Gasteiger charge is 2.33. The standard InChI is InChI=1S/C12H16ClNO3S/c13-11-3-1-9(2-4-11)7-10-8-17-6-5-12(10)18(14,15)16/h1-4,10,12H,5-8H2,(H2,14,15,16)/t10-,12+/m1/s1. The van der Waals surface area contributed by atoms with Gasteiger partial charge in [0, 0.05) is 17.5 Å². The van der Waals surface area contributed by atoms with Gasteiger partial charge >= 0.3 is 0 Å². The van der Waals surface area contributed by atoms with Crippen LogP contribution < -0.4 is 5.14 Å². The Morgan fingerprint density at radius 1 is 1.33 bits per heavy atom. The van der Waals surface area contributed by atoms with Crippen LogP contribution in [0.3, 0.4) is 0 Å². The van der Waals surface area contributed by atoms with Crippen LogP contribution in [0, 0.1) is 5.92 Å². The summed E-state index contributed by atoms with van der Waals surface area (Å²) < 4.78 is 28.4. The quantitative estimate of drug-likeness (QED) is 0.918. The first-order valence-electron chi connectivity index (χ1n) is 5.80. The molecule has 0 saturated carbocycles. The number of benzene rings is 1. The smallest absolute Gasteiger partial charge is 0.212 e. The van der Waals surface area contributed by atoms with Gasteiger partial charge in [0.25, 0.3) is 0 Å². The molecule has 1 heterocycles. The lowest BCUT2D eigenvalue weighted by atomic mass is 9.94. The van der Waals surface area contributed by atoms with Crippen LogP contribution in [-0.2, 0) is 21.2 Å². The number of nitrogens with two attached hydrogens (primary N) is 1. The lowest BCUT2D eigenvalue weighted by Crippen LogP contribution is -2.42. The fourth-order valence-electron chi connectivity index (χ4n) is 2.32. The predicted octanol–water partition coefficient (Wildman–Crippen LogP) is 1.58. The fourth-order valence-corrected chi connectivity index (χ4v) is 3.59. The van der Waals surface area contributed by atoms with Gasteiger partial charge in [-0.05, 0) is 30.5 Å². The molecule has 18 heavy (non-hydrogen) atoms. The molecule has 0 amide bonds. The molecule has 100 valence electrons. The zero-order valence-electron chi connectivity index (χ0n) is 9.88. The van der Waals surface area contributed by atoms with E-state index in [0.717, 1.165) is 5.56 Å². The Hall–Kier alpha value is -0.620. The van der Waals surface area contributed by atoms with Crippen LogP contribution in [0.5, 0.6) is 0 Å². The van der Waals surface area contributed by atoms with Gasteiger partial charge in [0.15, 0.2) is 0 Å². The summed E-state index contributed by atoms with van der Waals surface area (Å²) in [5, 5.41) is 5.43. The molecule has 0 unspecified atom stereocenters. The first-order chi connectivity index (χ1) is 8.47. The molecule has 1 saturated heterocycles. The van der Waals surface area contributed by atoms with E-state index in [0.29, 0.717) is 31.1 Å². The topological polar surface area (TPSA) is 69.4 Å². The molecule has 2 N–H and O–H groups in total. The van der Waals surface area contributed by atoms with E-state index >= 15 is 0 Å². The van der Waals surface area contributed by atoms with Crippen molar-refractivity contribution >= 4 is 21.6 Å². The monoisotopic (exact) mass is 289 g/mol. The van der Waals surface area contributed by atoms with Crippen molar-refractivity contribution in [3.63, 3.8) is 0 Å². The highest BCUT2D eigenvalue weighted by Crippen LogP contribution is 2.24. The Labute approximate surface area is 112 Å². The molecule has 4 nitrogen and oxygen atoms in total. The van der Waals surface area contributed by atoms with Crippen LogP contribution in [-0.4, -0.2) is 26.9 Å². The third kappa shape index (κ3) is 3.45. The van der Waals surface area contributed by atoms with E-state index in [1.54, 1.807) is 12.1 Å². The largest absolute Gasteiger partial charge is 0.381 e. The fraction of sp³-hybridized carbons (Fsp3) is 0.500. The predicted molar refractivity (Wildman–Crippen MR) is 71.0 cm³/mol. The molecule has 6 heteroatoms. The van der Waals surface area contributed by atoms with Crippen molar-refractivity contribution in [3.8, 4) is 0 Å². The molecule has 1 aliphatic heterocycles. The van der Waals surface area contributed by atoms with Crippen LogP contribution in [0.4, 0.5) is 0 Å². The van der Waals surface area contributed by atoms with E-state index in [2.05, 4.69) is 0 Å². The van der Waals surface area contributed by atoms with Crippen LogP contribution in [0.15, 0.2) is 24.3 Å². The molecule has 1 fully saturated rings. The first kappa shape index (κ1) is 13.8.